The van der Waals surface area contributed by atoms with E-state index in [0.717, 1.165) is 48.8 Å². The number of carbonyl (C=O) groups excluding carboxylic acids is 1. The summed E-state index contributed by atoms with van der Waals surface area (Å²) in [5, 5.41) is 6.50. The summed E-state index contributed by atoms with van der Waals surface area (Å²) < 4.78 is 5.62. The molecule has 0 radical (unpaired) electrons. The lowest BCUT2D eigenvalue weighted by Crippen LogP contribution is -2.42. The molecule has 2 aromatic heterocycles. The molecule has 0 aliphatic carbocycles. The maximum Gasteiger partial charge on any atom is 0.222 e. The van der Waals surface area contributed by atoms with Crippen LogP contribution >= 0.6 is 0 Å². The fourth-order valence-corrected chi connectivity index (χ4v) is 3.52. The zero-order valence-corrected chi connectivity index (χ0v) is 17.9. The Morgan fingerprint density at radius 3 is 2.93 bits per heavy atom. The fourth-order valence-electron chi connectivity index (χ4n) is 3.52. The minimum Gasteiger partial charge on any atom is -0.444 e. The standard InChI is InChI=1S/C21H31N7O2/c1-4-23-21(26-12-18-27-14(2)15(3)30-18)25-11-16-7-5-9-24-20(16)28-10-6-8-17(13-28)19(22)29/h5,7,9,17H,4,6,8,10-13H2,1-3H3,(H2,22,29)(H2,23,25,26). The number of rotatable bonds is 7. The molecule has 1 saturated heterocycles. The Morgan fingerprint density at radius 2 is 2.23 bits per heavy atom. The number of primary amides is 1. The van der Waals surface area contributed by atoms with E-state index in [4.69, 9.17) is 15.1 Å². The van der Waals surface area contributed by atoms with E-state index in [1.165, 1.54) is 0 Å². The molecule has 3 rings (SSSR count). The van der Waals surface area contributed by atoms with Gasteiger partial charge in [0, 0.05) is 31.4 Å². The lowest BCUT2D eigenvalue weighted by atomic mass is 9.97. The molecule has 0 spiro atoms. The molecule has 1 unspecified atom stereocenters. The molecule has 1 aliphatic rings. The van der Waals surface area contributed by atoms with Crippen molar-refractivity contribution in [1.82, 2.24) is 20.6 Å². The molecule has 1 aliphatic heterocycles. The van der Waals surface area contributed by atoms with Gasteiger partial charge in [-0.2, -0.15) is 0 Å². The highest BCUT2D eigenvalue weighted by Gasteiger charge is 2.25. The SMILES string of the molecule is CCNC(=NCc1cccnc1N1CCCC(C(N)=O)C1)NCc1nc(C)c(C)o1. The summed E-state index contributed by atoms with van der Waals surface area (Å²) in [6, 6.07) is 3.92. The van der Waals surface area contributed by atoms with Crippen molar-refractivity contribution in [3.8, 4) is 0 Å². The first-order valence-corrected chi connectivity index (χ1v) is 10.4. The highest BCUT2D eigenvalue weighted by molar-refractivity contribution is 5.80. The monoisotopic (exact) mass is 413 g/mol. The molecule has 0 saturated carbocycles. The minimum atomic E-state index is -0.245. The molecule has 2 aromatic rings. The number of aryl methyl sites for hydroxylation is 2. The molecular weight excluding hydrogens is 382 g/mol. The minimum absolute atomic E-state index is 0.135. The lowest BCUT2D eigenvalue weighted by molar-refractivity contribution is -0.122. The van der Waals surface area contributed by atoms with Crippen LogP contribution in [0.4, 0.5) is 5.82 Å². The Balaban J connectivity index is 1.70. The van der Waals surface area contributed by atoms with Crippen molar-refractivity contribution in [1.29, 1.82) is 0 Å². The molecule has 9 nitrogen and oxygen atoms in total. The summed E-state index contributed by atoms with van der Waals surface area (Å²) in [6.07, 6.45) is 3.53. The zero-order valence-electron chi connectivity index (χ0n) is 17.9. The molecule has 1 amide bonds. The van der Waals surface area contributed by atoms with Gasteiger partial charge in [-0.3, -0.25) is 4.79 Å². The summed E-state index contributed by atoms with van der Waals surface area (Å²) in [5.41, 5.74) is 7.43. The van der Waals surface area contributed by atoms with E-state index in [9.17, 15) is 4.79 Å². The number of carbonyl (C=O) groups is 1. The first kappa shape index (κ1) is 21.6. The normalized spacial score (nSPS) is 17.1. The second-order valence-corrected chi connectivity index (χ2v) is 7.47. The number of nitrogens with one attached hydrogen (secondary N) is 2. The van der Waals surface area contributed by atoms with Crippen LogP contribution in [0.5, 0.6) is 0 Å². The van der Waals surface area contributed by atoms with Gasteiger partial charge in [0.15, 0.2) is 5.96 Å². The van der Waals surface area contributed by atoms with Crippen molar-refractivity contribution in [2.24, 2.45) is 16.6 Å². The number of piperidine rings is 1. The third-order valence-electron chi connectivity index (χ3n) is 5.22. The fraction of sp³-hybridized carbons (Fsp3) is 0.524. The summed E-state index contributed by atoms with van der Waals surface area (Å²) in [4.78, 5) is 27.4. The first-order chi connectivity index (χ1) is 14.5. The number of amides is 1. The number of anilines is 1. The van der Waals surface area contributed by atoms with Crippen LogP contribution in [-0.4, -0.2) is 41.5 Å². The second kappa shape index (κ2) is 10.1. The largest absolute Gasteiger partial charge is 0.444 e. The van der Waals surface area contributed by atoms with Crippen LogP contribution in [-0.2, 0) is 17.9 Å². The first-order valence-electron chi connectivity index (χ1n) is 10.4. The van der Waals surface area contributed by atoms with Crippen LogP contribution in [0.25, 0.3) is 0 Å². The average molecular weight is 414 g/mol. The van der Waals surface area contributed by atoms with E-state index in [-0.39, 0.29) is 11.8 Å². The number of oxazole rings is 1. The van der Waals surface area contributed by atoms with Gasteiger partial charge in [0.2, 0.25) is 11.8 Å². The van der Waals surface area contributed by atoms with Gasteiger partial charge in [0.1, 0.15) is 11.6 Å². The molecule has 1 atom stereocenters. The quantitative estimate of drug-likeness (QED) is 0.466. The molecule has 4 N–H and O–H groups in total. The number of aromatic nitrogens is 2. The van der Waals surface area contributed by atoms with Crippen molar-refractivity contribution >= 4 is 17.7 Å². The Bertz CT molecular complexity index is 874. The van der Waals surface area contributed by atoms with Crippen LogP contribution in [0, 0.1) is 19.8 Å². The third-order valence-corrected chi connectivity index (χ3v) is 5.22. The van der Waals surface area contributed by atoms with Crippen LogP contribution in [0.2, 0.25) is 0 Å². The van der Waals surface area contributed by atoms with E-state index in [2.05, 4.69) is 25.5 Å². The molecule has 30 heavy (non-hydrogen) atoms. The van der Waals surface area contributed by atoms with Gasteiger partial charge < -0.3 is 25.7 Å². The van der Waals surface area contributed by atoms with Crippen molar-refractivity contribution in [3.63, 3.8) is 0 Å². The van der Waals surface area contributed by atoms with Gasteiger partial charge in [0.05, 0.1) is 24.7 Å². The maximum absolute atomic E-state index is 11.6. The molecule has 9 heteroatoms. The molecule has 3 heterocycles. The third kappa shape index (κ3) is 5.49. The van der Waals surface area contributed by atoms with Crippen LogP contribution in [0.1, 0.15) is 42.7 Å². The number of guanidine groups is 1. The van der Waals surface area contributed by atoms with E-state index in [1.54, 1.807) is 6.20 Å². The van der Waals surface area contributed by atoms with E-state index < -0.39 is 0 Å². The highest BCUT2D eigenvalue weighted by atomic mass is 16.4. The Hall–Kier alpha value is -3.10. The molecule has 1 fully saturated rings. The smallest absolute Gasteiger partial charge is 0.222 e. The molecular formula is C21H31N7O2. The number of aliphatic imine (C=N–C) groups is 1. The topological polar surface area (TPSA) is 122 Å². The summed E-state index contributed by atoms with van der Waals surface area (Å²) in [5.74, 6) is 2.61. The number of nitrogens with two attached hydrogens (primary N) is 1. The van der Waals surface area contributed by atoms with Crippen LogP contribution in [0.3, 0.4) is 0 Å². The van der Waals surface area contributed by atoms with Crippen LogP contribution < -0.4 is 21.3 Å². The van der Waals surface area contributed by atoms with E-state index >= 15 is 0 Å². The van der Waals surface area contributed by atoms with Crippen molar-refractivity contribution in [2.75, 3.05) is 24.5 Å². The van der Waals surface area contributed by atoms with Gasteiger partial charge in [0.25, 0.3) is 0 Å². The summed E-state index contributed by atoms with van der Waals surface area (Å²) >= 11 is 0. The van der Waals surface area contributed by atoms with E-state index in [0.29, 0.717) is 31.5 Å². The molecule has 0 bridgehead atoms. The van der Waals surface area contributed by atoms with E-state index in [1.807, 2.05) is 32.9 Å². The summed E-state index contributed by atoms with van der Waals surface area (Å²) in [7, 11) is 0. The molecule has 162 valence electrons. The number of hydrogen-bond donors (Lipinski definition) is 3. The Morgan fingerprint density at radius 1 is 1.40 bits per heavy atom. The highest BCUT2D eigenvalue weighted by Crippen LogP contribution is 2.25. The van der Waals surface area contributed by atoms with Crippen molar-refractivity contribution < 1.29 is 9.21 Å². The van der Waals surface area contributed by atoms with Gasteiger partial charge >= 0.3 is 0 Å². The second-order valence-electron chi connectivity index (χ2n) is 7.47. The van der Waals surface area contributed by atoms with Crippen molar-refractivity contribution in [3.05, 3.63) is 41.2 Å². The maximum atomic E-state index is 11.6. The number of pyridine rings is 1. The summed E-state index contributed by atoms with van der Waals surface area (Å²) in [6.45, 7) is 8.95. The Labute approximate surface area is 177 Å². The average Bonchev–Trinajstić information content (AvgIpc) is 3.07. The van der Waals surface area contributed by atoms with Crippen LogP contribution in [0.15, 0.2) is 27.7 Å². The predicted octanol–water partition coefficient (Wildman–Crippen LogP) is 1.64. The Kier molecular flexibility index (Phi) is 7.26. The van der Waals surface area contributed by atoms with Gasteiger partial charge in [-0.1, -0.05) is 6.07 Å². The number of hydrogen-bond acceptors (Lipinski definition) is 6. The van der Waals surface area contributed by atoms with Gasteiger partial charge in [-0.05, 0) is 39.7 Å². The zero-order chi connectivity index (χ0) is 21.5. The molecule has 0 aromatic carbocycles. The van der Waals surface area contributed by atoms with Crippen molar-refractivity contribution in [2.45, 2.75) is 46.7 Å². The number of nitrogens with zero attached hydrogens (tertiary/aromatic N) is 4. The lowest BCUT2D eigenvalue weighted by Gasteiger charge is -2.33. The predicted molar refractivity (Wildman–Crippen MR) is 116 cm³/mol. The van der Waals surface area contributed by atoms with Gasteiger partial charge in [-0.25, -0.2) is 15.0 Å². The van der Waals surface area contributed by atoms with Gasteiger partial charge in [-0.15, -0.1) is 0 Å².